The van der Waals surface area contributed by atoms with Crippen LogP contribution in [0.1, 0.15) is 16.1 Å². The SMILES string of the molecule is Cn1ncc([N+](=O)[O-])c1C(=O)Nc1ncn(Cc2ccc(Cl)cc2)n1. The summed E-state index contributed by atoms with van der Waals surface area (Å²) in [6.45, 7) is 0.436. The van der Waals surface area contributed by atoms with Gasteiger partial charge in [0.2, 0.25) is 11.6 Å². The molecule has 0 atom stereocenters. The molecule has 0 radical (unpaired) electrons. The fraction of sp³-hybridized carbons (Fsp3) is 0.143. The van der Waals surface area contributed by atoms with Crippen LogP contribution in [0.5, 0.6) is 0 Å². The number of halogens is 1. The van der Waals surface area contributed by atoms with Crippen LogP contribution in [0, 0.1) is 10.1 Å². The third kappa shape index (κ3) is 3.63. The molecule has 0 spiro atoms. The maximum atomic E-state index is 12.2. The highest BCUT2D eigenvalue weighted by Crippen LogP contribution is 2.18. The van der Waals surface area contributed by atoms with Crippen LogP contribution in [0.3, 0.4) is 0 Å². The second-order valence-electron chi connectivity index (χ2n) is 5.11. The number of anilines is 1. The van der Waals surface area contributed by atoms with Crippen molar-refractivity contribution in [2.75, 3.05) is 5.32 Å². The molecule has 1 amide bonds. The van der Waals surface area contributed by atoms with Gasteiger partial charge in [0, 0.05) is 12.1 Å². The average molecular weight is 362 g/mol. The lowest BCUT2D eigenvalue weighted by Gasteiger charge is -2.02. The third-order valence-corrected chi connectivity index (χ3v) is 3.60. The molecule has 0 aliphatic rings. The van der Waals surface area contributed by atoms with Gasteiger partial charge in [-0.2, -0.15) is 5.10 Å². The molecule has 2 heterocycles. The maximum absolute atomic E-state index is 12.2. The second-order valence-corrected chi connectivity index (χ2v) is 5.54. The Hall–Kier alpha value is -3.27. The number of benzene rings is 1. The number of rotatable bonds is 5. The van der Waals surface area contributed by atoms with Crippen molar-refractivity contribution in [2.45, 2.75) is 6.54 Å². The Labute approximate surface area is 146 Å². The van der Waals surface area contributed by atoms with E-state index < -0.39 is 10.8 Å². The van der Waals surface area contributed by atoms with Gasteiger partial charge >= 0.3 is 5.69 Å². The van der Waals surface area contributed by atoms with Crippen molar-refractivity contribution in [2.24, 2.45) is 7.05 Å². The van der Waals surface area contributed by atoms with Crippen LogP contribution in [-0.4, -0.2) is 35.4 Å². The van der Waals surface area contributed by atoms with Gasteiger partial charge < -0.3 is 0 Å². The largest absolute Gasteiger partial charge is 0.320 e. The van der Waals surface area contributed by atoms with Gasteiger partial charge in [-0.25, -0.2) is 9.67 Å². The molecule has 0 aliphatic heterocycles. The lowest BCUT2D eigenvalue weighted by atomic mass is 10.2. The minimum absolute atomic E-state index is 0.0365. The molecule has 1 N–H and O–H groups in total. The summed E-state index contributed by atoms with van der Waals surface area (Å²) < 4.78 is 2.65. The first-order valence-corrected chi connectivity index (χ1v) is 7.43. The normalized spacial score (nSPS) is 10.6. The predicted octanol–water partition coefficient (Wildman–Crippen LogP) is 1.87. The van der Waals surface area contributed by atoms with Gasteiger partial charge in [0.1, 0.15) is 12.5 Å². The number of hydrogen-bond acceptors (Lipinski definition) is 6. The number of aryl methyl sites for hydroxylation is 1. The van der Waals surface area contributed by atoms with E-state index in [2.05, 4.69) is 20.5 Å². The summed E-state index contributed by atoms with van der Waals surface area (Å²) in [4.78, 5) is 26.5. The molecule has 3 rings (SSSR count). The summed E-state index contributed by atoms with van der Waals surface area (Å²) in [6.07, 6.45) is 2.46. The first kappa shape index (κ1) is 16.6. The quantitative estimate of drug-likeness (QED) is 0.547. The van der Waals surface area contributed by atoms with Gasteiger partial charge in [0.05, 0.1) is 11.5 Å². The number of nitro groups is 1. The Bertz CT molecular complexity index is 932. The molecule has 128 valence electrons. The molecule has 0 saturated carbocycles. The molecule has 10 nitrogen and oxygen atoms in total. The van der Waals surface area contributed by atoms with Crippen LogP contribution in [0.25, 0.3) is 0 Å². The van der Waals surface area contributed by atoms with E-state index in [1.54, 1.807) is 12.1 Å². The van der Waals surface area contributed by atoms with E-state index in [1.165, 1.54) is 18.1 Å². The number of nitrogens with zero attached hydrogens (tertiary/aromatic N) is 6. The summed E-state index contributed by atoms with van der Waals surface area (Å²) in [6, 6.07) is 7.22. The monoisotopic (exact) mass is 361 g/mol. The molecule has 0 saturated heterocycles. The number of carbonyl (C=O) groups is 1. The number of hydrogen-bond donors (Lipinski definition) is 1. The number of aromatic nitrogens is 5. The first-order chi connectivity index (χ1) is 11.9. The molecule has 0 fully saturated rings. The fourth-order valence-electron chi connectivity index (χ4n) is 2.19. The van der Waals surface area contributed by atoms with Crippen molar-refractivity contribution in [1.82, 2.24) is 24.5 Å². The molecule has 11 heteroatoms. The molecular formula is C14H12ClN7O3. The van der Waals surface area contributed by atoms with Gasteiger partial charge in [-0.15, -0.1) is 5.10 Å². The lowest BCUT2D eigenvalue weighted by molar-refractivity contribution is -0.385. The van der Waals surface area contributed by atoms with Crippen molar-refractivity contribution in [3.05, 3.63) is 63.2 Å². The van der Waals surface area contributed by atoms with Crippen LogP contribution >= 0.6 is 11.6 Å². The van der Waals surface area contributed by atoms with E-state index in [0.717, 1.165) is 16.4 Å². The van der Waals surface area contributed by atoms with Crippen molar-refractivity contribution >= 4 is 29.1 Å². The van der Waals surface area contributed by atoms with Gasteiger partial charge in [-0.05, 0) is 17.7 Å². The summed E-state index contributed by atoms with van der Waals surface area (Å²) in [5.41, 5.74) is 0.383. The van der Waals surface area contributed by atoms with Gasteiger partial charge in [0.15, 0.2) is 0 Å². The van der Waals surface area contributed by atoms with Crippen LogP contribution in [0.4, 0.5) is 11.6 Å². The summed E-state index contributed by atoms with van der Waals surface area (Å²) >= 11 is 5.84. The first-order valence-electron chi connectivity index (χ1n) is 7.05. The third-order valence-electron chi connectivity index (χ3n) is 3.35. The minimum Gasteiger partial charge on any atom is -0.288 e. The number of amides is 1. The Morgan fingerprint density at radius 3 is 2.76 bits per heavy atom. The van der Waals surface area contributed by atoms with Crippen molar-refractivity contribution in [3.8, 4) is 0 Å². The summed E-state index contributed by atoms with van der Waals surface area (Å²) in [5.74, 6) is -0.676. The highest BCUT2D eigenvalue weighted by Gasteiger charge is 2.26. The minimum atomic E-state index is -0.712. The topological polar surface area (TPSA) is 121 Å². The van der Waals surface area contributed by atoms with Gasteiger partial charge in [-0.1, -0.05) is 23.7 Å². The van der Waals surface area contributed by atoms with E-state index in [9.17, 15) is 14.9 Å². The Kier molecular flexibility index (Phi) is 4.44. The smallest absolute Gasteiger partial charge is 0.288 e. The zero-order valence-electron chi connectivity index (χ0n) is 13.0. The van der Waals surface area contributed by atoms with E-state index >= 15 is 0 Å². The Morgan fingerprint density at radius 1 is 1.36 bits per heavy atom. The molecule has 0 aliphatic carbocycles. The van der Waals surface area contributed by atoms with Crippen LogP contribution in [0.2, 0.25) is 5.02 Å². The van der Waals surface area contributed by atoms with E-state index in [4.69, 9.17) is 11.6 Å². The van der Waals surface area contributed by atoms with Gasteiger partial charge in [0.25, 0.3) is 5.91 Å². The summed E-state index contributed by atoms with van der Waals surface area (Å²) in [5, 5.41) is 21.9. The zero-order chi connectivity index (χ0) is 18.0. The van der Waals surface area contributed by atoms with E-state index in [0.29, 0.717) is 11.6 Å². The van der Waals surface area contributed by atoms with Crippen molar-refractivity contribution in [3.63, 3.8) is 0 Å². The highest BCUT2D eigenvalue weighted by molar-refractivity contribution is 6.30. The highest BCUT2D eigenvalue weighted by atomic mass is 35.5. The number of carbonyl (C=O) groups excluding carboxylic acids is 1. The van der Waals surface area contributed by atoms with Crippen LogP contribution in [0.15, 0.2) is 36.8 Å². The molecule has 0 unspecified atom stereocenters. The predicted molar refractivity (Wildman–Crippen MR) is 88.4 cm³/mol. The molecule has 25 heavy (non-hydrogen) atoms. The second kappa shape index (κ2) is 6.69. The van der Waals surface area contributed by atoms with Crippen LogP contribution < -0.4 is 5.32 Å². The Balaban J connectivity index is 1.73. The molecule has 0 bridgehead atoms. The molecular weight excluding hydrogens is 350 g/mol. The lowest BCUT2D eigenvalue weighted by Crippen LogP contribution is -2.18. The van der Waals surface area contributed by atoms with Crippen LogP contribution in [-0.2, 0) is 13.6 Å². The average Bonchev–Trinajstić information content (AvgIpc) is 3.16. The summed E-state index contributed by atoms with van der Waals surface area (Å²) in [7, 11) is 1.44. The number of nitrogens with one attached hydrogen (secondary N) is 1. The molecule has 1 aromatic carbocycles. The molecule has 2 aromatic heterocycles. The zero-order valence-corrected chi connectivity index (χ0v) is 13.7. The molecule has 3 aromatic rings. The standard InChI is InChI=1S/C14H12ClN7O3/c1-20-12(11(6-17-20)22(24)25)13(23)18-14-16-8-21(19-14)7-9-2-4-10(15)5-3-9/h2-6,8H,7H2,1H3,(H,18,19,23). The van der Waals surface area contributed by atoms with E-state index in [1.807, 2.05) is 12.1 Å². The fourth-order valence-corrected chi connectivity index (χ4v) is 2.31. The maximum Gasteiger partial charge on any atom is 0.320 e. The van der Waals surface area contributed by atoms with E-state index in [-0.39, 0.29) is 17.3 Å². The Morgan fingerprint density at radius 2 is 2.08 bits per heavy atom. The van der Waals surface area contributed by atoms with Gasteiger partial charge in [-0.3, -0.25) is 24.9 Å². The van der Waals surface area contributed by atoms with Crippen molar-refractivity contribution < 1.29 is 9.72 Å². The van der Waals surface area contributed by atoms with Crippen molar-refractivity contribution in [1.29, 1.82) is 0 Å².